The Hall–Kier alpha value is -0.740. The largest absolute Gasteiger partial charge is 0.363 e. The number of thioether (sulfide) groups is 1. The number of hydrogen-bond donors (Lipinski definition) is 0. The summed E-state index contributed by atoms with van der Waals surface area (Å²) >= 11 is 1.86. The zero-order chi connectivity index (χ0) is 12.1. The Morgan fingerprint density at radius 1 is 1.53 bits per heavy atom. The van der Waals surface area contributed by atoms with Crippen LogP contribution in [-0.4, -0.2) is 35.9 Å². The average molecular weight is 252 g/mol. The summed E-state index contributed by atoms with van der Waals surface area (Å²) < 4.78 is 5.13. The number of aromatic nitrogens is 1. The third kappa shape index (κ3) is 3.36. The van der Waals surface area contributed by atoms with Crippen LogP contribution in [0.5, 0.6) is 0 Å². The van der Waals surface area contributed by atoms with Gasteiger partial charge in [0.05, 0.1) is 4.90 Å². The molecule has 0 fully saturated rings. The molecular weight excluding hydrogens is 232 g/mol. The van der Waals surface area contributed by atoms with E-state index in [2.05, 4.69) is 30.1 Å². The molecule has 0 atom stereocenters. The van der Waals surface area contributed by atoms with Gasteiger partial charge in [0.2, 0.25) is 0 Å². The van der Waals surface area contributed by atoms with Gasteiger partial charge in [-0.3, -0.25) is 0 Å². The first-order valence-electron chi connectivity index (χ1n) is 6.26. The van der Waals surface area contributed by atoms with Crippen molar-refractivity contribution in [3.8, 4) is 0 Å². The highest BCUT2D eigenvalue weighted by molar-refractivity contribution is 7.99. The minimum atomic E-state index is 0.980. The minimum Gasteiger partial charge on any atom is -0.363 e. The van der Waals surface area contributed by atoms with Crippen LogP contribution >= 0.6 is 11.8 Å². The van der Waals surface area contributed by atoms with Crippen LogP contribution in [-0.2, 0) is 0 Å². The van der Waals surface area contributed by atoms with Crippen molar-refractivity contribution in [1.82, 2.24) is 10.1 Å². The van der Waals surface area contributed by atoms with Crippen molar-refractivity contribution < 1.29 is 4.52 Å². The maximum absolute atomic E-state index is 5.13. The fourth-order valence-electron chi connectivity index (χ4n) is 1.94. The van der Waals surface area contributed by atoms with Crippen LogP contribution in [0.4, 0.5) is 0 Å². The Morgan fingerprint density at radius 3 is 3.18 bits per heavy atom. The van der Waals surface area contributed by atoms with Crippen molar-refractivity contribution in [2.24, 2.45) is 0 Å². The Morgan fingerprint density at radius 2 is 2.41 bits per heavy atom. The first-order chi connectivity index (χ1) is 8.31. The number of nitrogens with zero attached hydrogens (tertiary/aromatic N) is 2. The Bertz CT molecular complexity index is 387. The van der Waals surface area contributed by atoms with Crippen LogP contribution in [0.2, 0.25) is 0 Å². The molecule has 2 rings (SSSR count). The van der Waals surface area contributed by atoms with Gasteiger partial charge in [-0.25, -0.2) is 0 Å². The normalized spacial score (nSPS) is 17.2. The van der Waals surface area contributed by atoms with E-state index in [1.54, 1.807) is 6.26 Å². The highest BCUT2D eigenvalue weighted by Crippen LogP contribution is 2.29. The van der Waals surface area contributed by atoms with Crippen LogP contribution in [0.1, 0.15) is 31.9 Å². The zero-order valence-electron chi connectivity index (χ0n) is 10.6. The molecule has 1 aromatic rings. The van der Waals surface area contributed by atoms with Gasteiger partial charge in [-0.15, -0.1) is 11.8 Å². The first-order valence-corrected chi connectivity index (χ1v) is 7.25. The lowest BCUT2D eigenvalue weighted by molar-refractivity contribution is 0.369. The SMILES string of the molecule is CCCCSc1conc1C1=CCCN(C)C1. The molecule has 4 heteroatoms. The molecule has 94 valence electrons. The van der Waals surface area contributed by atoms with Crippen LogP contribution in [0.3, 0.4) is 0 Å². The smallest absolute Gasteiger partial charge is 0.138 e. The second-order valence-corrected chi connectivity index (χ2v) is 5.62. The number of hydrogen-bond acceptors (Lipinski definition) is 4. The van der Waals surface area contributed by atoms with Crippen molar-refractivity contribution in [3.63, 3.8) is 0 Å². The summed E-state index contributed by atoms with van der Waals surface area (Å²) in [5.74, 6) is 1.15. The summed E-state index contributed by atoms with van der Waals surface area (Å²) in [5, 5.41) is 4.16. The summed E-state index contributed by atoms with van der Waals surface area (Å²) in [7, 11) is 2.15. The van der Waals surface area contributed by atoms with Gasteiger partial charge in [0.1, 0.15) is 12.0 Å². The monoisotopic (exact) mass is 252 g/mol. The van der Waals surface area contributed by atoms with E-state index >= 15 is 0 Å². The van der Waals surface area contributed by atoms with E-state index in [0.29, 0.717) is 0 Å². The third-order valence-corrected chi connectivity index (χ3v) is 4.03. The Kier molecular flexibility index (Phi) is 4.68. The van der Waals surface area contributed by atoms with Crippen molar-refractivity contribution in [1.29, 1.82) is 0 Å². The molecule has 0 unspecified atom stereocenters. The summed E-state index contributed by atoms with van der Waals surface area (Å²) in [6.45, 7) is 4.33. The molecule has 0 aliphatic carbocycles. The molecule has 0 saturated heterocycles. The number of likely N-dealkylation sites (N-methyl/N-ethyl adjacent to an activating group) is 1. The average Bonchev–Trinajstić information content (AvgIpc) is 2.78. The van der Waals surface area contributed by atoms with Gasteiger partial charge in [-0.2, -0.15) is 0 Å². The van der Waals surface area contributed by atoms with Crippen LogP contribution in [0.15, 0.2) is 21.8 Å². The zero-order valence-corrected chi connectivity index (χ0v) is 11.4. The Labute approximate surface area is 107 Å². The summed E-state index contributed by atoms with van der Waals surface area (Å²) in [4.78, 5) is 3.52. The quantitative estimate of drug-likeness (QED) is 0.594. The molecule has 1 aliphatic heterocycles. The molecule has 0 spiro atoms. The fourth-order valence-corrected chi connectivity index (χ4v) is 3.01. The lowest BCUT2D eigenvalue weighted by atomic mass is 10.1. The predicted octanol–water partition coefficient (Wildman–Crippen LogP) is 3.29. The molecule has 0 radical (unpaired) electrons. The van der Waals surface area contributed by atoms with Gasteiger partial charge in [-0.1, -0.05) is 24.6 Å². The molecule has 2 heterocycles. The molecule has 0 amide bonds. The molecule has 17 heavy (non-hydrogen) atoms. The number of unbranched alkanes of at least 4 members (excludes halogenated alkanes) is 1. The van der Waals surface area contributed by atoms with Crippen molar-refractivity contribution >= 4 is 17.3 Å². The van der Waals surface area contributed by atoms with E-state index in [1.165, 1.54) is 23.3 Å². The summed E-state index contributed by atoms with van der Waals surface area (Å²) in [6, 6.07) is 0. The fraction of sp³-hybridized carbons (Fsp3) is 0.615. The van der Waals surface area contributed by atoms with E-state index in [0.717, 1.165) is 31.0 Å². The van der Waals surface area contributed by atoms with Crippen LogP contribution in [0, 0.1) is 0 Å². The van der Waals surface area contributed by atoms with Gasteiger partial charge in [-0.05, 0) is 31.2 Å². The van der Waals surface area contributed by atoms with Crippen molar-refractivity contribution in [2.75, 3.05) is 25.9 Å². The standard InChI is InChI=1S/C13H20N2OS/c1-3-4-8-17-12-10-16-14-13(12)11-6-5-7-15(2)9-11/h6,10H,3-5,7-9H2,1-2H3. The van der Waals surface area contributed by atoms with Gasteiger partial charge in [0.25, 0.3) is 0 Å². The maximum Gasteiger partial charge on any atom is 0.138 e. The number of rotatable bonds is 5. The molecule has 1 aromatic heterocycles. The molecule has 0 N–H and O–H groups in total. The van der Waals surface area contributed by atoms with E-state index in [1.807, 2.05) is 11.8 Å². The van der Waals surface area contributed by atoms with Gasteiger partial charge in [0, 0.05) is 13.1 Å². The summed E-state index contributed by atoms with van der Waals surface area (Å²) in [6.07, 6.45) is 7.66. The predicted molar refractivity (Wildman–Crippen MR) is 72.2 cm³/mol. The molecule has 1 aliphatic rings. The molecular formula is C13H20N2OS. The molecule has 0 bridgehead atoms. The van der Waals surface area contributed by atoms with Gasteiger partial charge >= 0.3 is 0 Å². The van der Waals surface area contributed by atoms with E-state index in [-0.39, 0.29) is 0 Å². The highest BCUT2D eigenvalue weighted by Gasteiger charge is 2.17. The maximum atomic E-state index is 5.13. The minimum absolute atomic E-state index is 0.980. The van der Waals surface area contributed by atoms with Gasteiger partial charge < -0.3 is 9.42 Å². The Balaban J connectivity index is 2.05. The lowest BCUT2D eigenvalue weighted by Gasteiger charge is -2.22. The molecule has 0 aromatic carbocycles. The van der Waals surface area contributed by atoms with E-state index in [9.17, 15) is 0 Å². The van der Waals surface area contributed by atoms with Crippen molar-refractivity contribution in [2.45, 2.75) is 31.1 Å². The van der Waals surface area contributed by atoms with E-state index < -0.39 is 0 Å². The topological polar surface area (TPSA) is 29.3 Å². The molecule has 0 saturated carbocycles. The lowest BCUT2D eigenvalue weighted by Crippen LogP contribution is -2.25. The summed E-state index contributed by atoms with van der Waals surface area (Å²) in [5.41, 5.74) is 2.36. The van der Waals surface area contributed by atoms with Gasteiger partial charge in [0.15, 0.2) is 0 Å². The van der Waals surface area contributed by atoms with E-state index in [4.69, 9.17) is 4.52 Å². The molecule has 3 nitrogen and oxygen atoms in total. The van der Waals surface area contributed by atoms with Crippen LogP contribution in [0.25, 0.3) is 5.57 Å². The van der Waals surface area contributed by atoms with Crippen molar-refractivity contribution in [3.05, 3.63) is 18.0 Å². The van der Waals surface area contributed by atoms with Crippen LogP contribution < -0.4 is 0 Å². The third-order valence-electron chi connectivity index (χ3n) is 2.94. The second kappa shape index (κ2) is 6.26. The second-order valence-electron chi connectivity index (χ2n) is 4.49. The first kappa shape index (κ1) is 12.7. The highest BCUT2D eigenvalue weighted by atomic mass is 32.2.